The van der Waals surface area contributed by atoms with E-state index in [9.17, 15) is 14.4 Å². The highest BCUT2D eigenvalue weighted by Gasteiger charge is 2.40. The first-order valence-corrected chi connectivity index (χ1v) is 10.5. The first kappa shape index (κ1) is 19.3. The lowest BCUT2D eigenvalue weighted by Crippen LogP contribution is -2.48. The summed E-state index contributed by atoms with van der Waals surface area (Å²) in [7, 11) is 0. The number of fused-ring (bicyclic) bond motifs is 1. The molecule has 3 saturated heterocycles. The van der Waals surface area contributed by atoms with Gasteiger partial charge in [-0.05, 0) is 31.0 Å². The van der Waals surface area contributed by atoms with Crippen molar-refractivity contribution in [3.8, 4) is 0 Å². The molecule has 4 heterocycles. The first-order chi connectivity index (χ1) is 14.5. The van der Waals surface area contributed by atoms with Crippen LogP contribution in [0.25, 0.3) is 11.1 Å². The van der Waals surface area contributed by atoms with Gasteiger partial charge in [-0.3, -0.25) is 14.2 Å². The van der Waals surface area contributed by atoms with E-state index in [1.54, 1.807) is 23.1 Å². The number of nitrogens with zero attached hydrogens (tertiary/aromatic N) is 3. The minimum atomic E-state index is -0.597. The van der Waals surface area contributed by atoms with Gasteiger partial charge in [0.05, 0.1) is 18.7 Å². The van der Waals surface area contributed by atoms with Crippen LogP contribution in [0.15, 0.2) is 27.4 Å². The van der Waals surface area contributed by atoms with Gasteiger partial charge < -0.3 is 23.7 Å². The molecule has 0 unspecified atom stereocenters. The molecule has 0 atom stereocenters. The summed E-state index contributed by atoms with van der Waals surface area (Å²) < 4.78 is 18.0. The summed E-state index contributed by atoms with van der Waals surface area (Å²) in [5.41, 5.74) is 1.34. The van der Waals surface area contributed by atoms with E-state index in [0.717, 1.165) is 25.9 Å². The molecule has 3 aliphatic rings. The van der Waals surface area contributed by atoms with Crippen molar-refractivity contribution in [3.05, 3.63) is 34.3 Å². The Kier molecular flexibility index (Phi) is 4.86. The summed E-state index contributed by atoms with van der Waals surface area (Å²) in [4.78, 5) is 41.5. The van der Waals surface area contributed by atoms with Crippen molar-refractivity contribution >= 4 is 22.9 Å². The molecule has 1 spiro atoms. The lowest BCUT2D eigenvalue weighted by atomic mass is 10.0. The Morgan fingerprint density at radius 3 is 2.37 bits per heavy atom. The van der Waals surface area contributed by atoms with Crippen molar-refractivity contribution < 1.29 is 23.5 Å². The number of carbonyl (C=O) groups excluding carboxylic acids is 2. The van der Waals surface area contributed by atoms with Crippen molar-refractivity contribution in [2.45, 2.75) is 38.0 Å². The van der Waals surface area contributed by atoms with Crippen LogP contribution in [0.4, 0.5) is 0 Å². The predicted octanol–water partition coefficient (Wildman–Crippen LogP) is 1.20. The molecule has 3 aliphatic heterocycles. The van der Waals surface area contributed by atoms with Crippen LogP contribution in [0, 0.1) is 0 Å². The highest BCUT2D eigenvalue weighted by Crippen LogP contribution is 2.31. The van der Waals surface area contributed by atoms with Gasteiger partial charge in [0.1, 0.15) is 6.54 Å². The lowest BCUT2D eigenvalue weighted by Gasteiger charge is -2.37. The van der Waals surface area contributed by atoms with Crippen LogP contribution in [-0.2, 0) is 20.8 Å². The molecule has 0 saturated carbocycles. The maximum Gasteiger partial charge on any atom is 0.420 e. The zero-order valence-corrected chi connectivity index (χ0v) is 16.8. The number of hydrogen-bond acceptors (Lipinski definition) is 6. The maximum atomic E-state index is 12.9. The van der Waals surface area contributed by atoms with E-state index < -0.39 is 11.5 Å². The molecule has 3 fully saturated rings. The SMILES string of the molecule is O=C(Cn1c(=O)oc2ccc(C(=O)N3CCCC3)cc21)N1CCC2(CC1)OCCO2. The molecule has 0 bridgehead atoms. The number of piperidine rings is 1. The summed E-state index contributed by atoms with van der Waals surface area (Å²) >= 11 is 0. The topological polar surface area (TPSA) is 94.2 Å². The lowest BCUT2D eigenvalue weighted by molar-refractivity contribution is -0.187. The second-order valence-electron chi connectivity index (χ2n) is 8.12. The van der Waals surface area contributed by atoms with Crippen LogP contribution >= 0.6 is 0 Å². The highest BCUT2D eigenvalue weighted by atomic mass is 16.7. The number of ether oxygens (including phenoxy) is 2. The molecular weight excluding hydrogens is 390 g/mol. The summed E-state index contributed by atoms with van der Waals surface area (Å²) in [6.07, 6.45) is 3.25. The Morgan fingerprint density at radius 2 is 1.67 bits per heavy atom. The van der Waals surface area contributed by atoms with E-state index in [4.69, 9.17) is 13.9 Å². The molecule has 1 aromatic heterocycles. The first-order valence-electron chi connectivity index (χ1n) is 10.5. The molecule has 5 rings (SSSR count). The molecule has 0 N–H and O–H groups in total. The van der Waals surface area contributed by atoms with Crippen LogP contribution < -0.4 is 5.76 Å². The fraction of sp³-hybridized carbons (Fsp3) is 0.571. The fourth-order valence-electron chi connectivity index (χ4n) is 4.57. The van der Waals surface area contributed by atoms with Gasteiger partial charge in [-0.25, -0.2) is 4.79 Å². The van der Waals surface area contributed by atoms with E-state index in [-0.39, 0.29) is 18.4 Å². The Bertz CT molecular complexity index is 1020. The van der Waals surface area contributed by atoms with Crippen molar-refractivity contribution in [2.24, 2.45) is 0 Å². The highest BCUT2D eigenvalue weighted by molar-refractivity contribution is 5.97. The van der Waals surface area contributed by atoms with Gasteiger partial charge in [-0.1, -0.05) is 0 Å². The second kappa shape index (κ2) is 7.55. The number of amides is 2. The minimum absolute atomic E-state index is 0.0567. The summed E-state index contributed by atoms with van der Waals surface area (Å²) in [5.74, 6) is -1.37. The van der Waals surface area contributed by atoms with Gasteiger partial charge in [0.25, 0.3) is 5.91 Å². The van der Waals surface area contributed by atoms with Crippen LogP contribution in [0.2, 0.25) is 0 Å². The Balaban J connectivity index is 1.34. The van der Waals surface area contributed by atoms with E-state index in [1.807, 2.05) is 4.90 Å². The molecule has 9 nitrogen and oxygen atoms in total. The molecule has 9 heteroatoms. The average Bonchev–Trinajstić information content (AvgIpc) is 3.50. The number of aromatic nitrogens is 1. The summed E-state index contributed by atoms with van der Waals surface area (Å²) in [5, 5.41) is 0. The van der Waals surface area contributed by atoms with Gasteiger partial charge in [-0.2, -0.15) is 0 Å². The summed E-state index contributed by atoms with van der Waals surface area (Å²) in [6, 6.07) is 4.95. The largest absolute Gasteiger partial charge is 0.420 e. The zero-order chi connectivity index (χ0) is 20.7. The third kappa shape index (κ3) is 3.41. The zero-order valence-electron chi connectivity index (χ0n) is 16.8. The van der Waals surface area contributed by atoms with Gasteiger partial charge in [0, 0.05) is 44.6 Å². The van der Waals surface area contributed by atoms with Crippen LogP contribution in [0.5, 0.6) is 0 Å². The normalized spacial score (nSPS) is 21.1. The second-order valence-corrected chi connectivity index (χ2v) is 8.12. The van der Waals surface area contributed by atoms with Crippen LogP contribution in [-0.4, -0.2) is 71.4 Å². The van der Waals surface area contributed by atoms with E-state index in [2.05, 4.69) is 0 Å². The summed E-state index contributed by atoms with van der Waals surface area (Å²) in [6.45, 7) is 3.58. The Labute approximate surface area is 173 Å². The number of likely N-dealkylation sites (tertiary alicyclic amines) is 2. The van der Waals surface area contributed by atoms with E-state index >= 15 is 0 Å². The van der Waals surface area contributed by atoms with Gasteiger partial charge >= 0.3 is 5.76 Å². The molecule has 2 amide bonds. The van der Waals surface area contributed by atoms with Crippen LogP contribution in [0.3, 0.4) is 0 Å². The molecular formula is C21H25N3O6. The smallest absolute Gasteiger partial charge is 0.408 e. The van der Waals surface area contributed by atoms with Gasteiger partial charge in [0.2, 0.25) is 5.91 Å². The number of rotatable bonds is 3. The number of carbonyl (C=O) groups is 2. The number of oxazole rings is 1. The third-order valence-corrected chi connectivity index (χ3v) is 6.29. The molecule has 1 aromatic carbocycles. The molecule has 0 aliphatic carbocycles. The van der Waals surface area contributed by atoms with Crippen molar-refractivity contribution in [1.82, 2.24) is 14.4 Å². The minimum Gasteiger partial charge on any atom is -0.408 e. The van der Waals surface area contributed by atoms with Crippen molar-refractivity contribution in [3.63, 3.8) is 0 Å². The Morgan fingerprint density at radius 1 is 0.967 bits per heavy atom. The van der Waals surface area contributed by atoms with E-state index in [1.165, 1.54) is 4.57 Å². The van der Waals surface area contributed by atoms with Gasteiger partial charge in [0.15, 0.2) is 11.4 Å². The number of hydrogen-bond donors (Lipinski definition) is 0. The predicted molar refractivity (Wildman–Crippen MR) is 106 cm³/mol. The third-order valence-electron chi connectivity index (χ3n) is 6.29. The Hall–Kier alpha value is -2.65. The quantitative estimate of drug-likeness (QED) is 0.748. The maximum absolute atomic E-state index is 12.9. The standard InChI is InChI=1S/C21H25N3O6/c25-18(22-9-5-21(6-10-22)28-11-12-29-21)14-24-16-13-15(3-4-17(16)30-20(24)27)19(26)23-7-1-2-8-23/h3-4,13H,1-2,5-12,14H2. The monoisotopic (exact) mass is 415 g/mol. The van der Waals surface area contributed by atoms with E-state index in [0.29, 0.717) is 55.8 Å². The van der Waals surface area contributed by atoms with Crippen LogP contribution in [0.1, 0.15) is 36.0 Å². The van der Waals surface area contributed by atoms with Crippen molar-refractivity contribution in [2.75, 3.05) is 39.4 Å². The fourth-order valence-corrected chi connectivity index (χ4v) is 4.57. The molecule has 0 radical (unpaired) electrons. The average molecular weight is 415 g/mol. The molecule has 30 heavy (non-hydrogen) atoms. The van der Waals surface area contributed by atoms with Crippen molar-refractivity contribution in [1.29, 1.82) is 0 Å². The number of benzene rings is 1. The van der Waals surface area contributed by atoms with Gasteiger partial charge in [-0.15, -0.1) is 0 Å². The molecule has 160 valence electrons. The molecule has 2 aromatic rings.